The summed E-state index contributed by atoms with van der Waals surface area (Å²) < 4.78 is 15.2. The number of alkyl carbamates (subject to hydrolysis) is 1. The van der Waals surface area contributed by atoms with Crippen molar-refractivity contribution < 1.29 is 23.8 Å². The third kappa shape index (κ3) is 5.06. The molecule has 1 heterocycles. The van der Waals surface area contributed by atoms with Gasteiger partial charge in [-0.15, -0.1) is 0 Å². The molecule has 6 nitrogen and oxygen atoms in total. The van der Waals surface area contributed by atoms with Crippen LogP contribution >= 0.6 is 0 Å². The first-order chi connectivity index (χ1) is 8.55. The molecule has 1 saturated heterocycles. The summed E-state index contributed by atoms with van der Waals surface area (Å²) >= 11 is 0. The summed E-state index contributed by atoms with van der Waals surface area (Å²) in [4.78, 5) is 23.3. The molecule has 0 aromatic carbocycles. The molecule has 0 aliphatic carbocycles. The van der Waals surface area contributed by atoms with Gasteiger partial charge in [-0.2, -0.15) is 0 Å². The number of epoxide rings is 1. The lowest BCUT2D eigenvalue weighted by molar-refractivity contribution is -0.143. The van der Waals surface area contributed by atoms with Crippen molar-refractivity contribution in [2.75, 3.05) is 7.11 Å². The lowest BCUT2D eigenvalue weighted by atomic mass is 10.0. The zero-order valence-corrected chi connectivity index (χ0v) is 12.4. The van der Waals surface area contributed by atoms with Crippen LogP contribution in [0.3, 0.4) is 0 Å². The number of hydrogen-bond donors (Lipinski definition) is 1. The van der Waals surface area contributed by atoms with Crippen LogP contribution in [0.15, 0.2) is 0 Å². The maximum atomic E-state index is 11.7. The third-order valence-corrected chi connectivity index (χ3v) is 2.79. The predicted octanol–water partition coefficient (Wildman–Crippen LogP) is 1.62. The molecule has 2 atom stereocenters. The van der Waals surface area contributed by atoms with Crippen molar-refractivity contribution in [3.05, 3.63) is 0 Å². The highest BCUT2D eigenvalue weighted by Gasteiger charge is 2.49. The van der Waals surface area contributed by atoms with Crippen LogP contribution in [0.1, 0.15) is 41.0 Å². The van der Waals surface area contributed by atoms with E-state index in [4.69, 9.17) is 9.47 Å². The van der Waals surface area contributed by atoms with Crippen LogP contribution in [-0.2, 0) is 19.0 Å². The molecule has 6 heteroatoms. The molecule has 2 unspecified atom stereocenters. The first-order valence-electron chi connectivity index (χ1n) is 6.30. The van der Waals surface area contributed by atoms with Gasteiger partial charge in [-0.25, -0.2) is 9.59 Å². The van der Waals surface area contributed by atoms with Gasteiger partial charge in [0.2, 0.25) is 0 Å². The van der Waals surface area contributed by atoms with Gasteiger partial charge >= 0.3 is 12.1 Å². The largest absolute Gasteiger partial charge is 0.467 e. The summed E-state index contributed by atoms with van der Waals surface area (Å²) in [6, 6.07) is -0.758. The molecule has 1 aliphatic rings. The van der Waals surface area contributed by atoms with E-state index in [1.165, 1.54) is 7.11 Å². The number of carbonyl (C=O) groups excluding carboxylic acids is 2. The Labute approximate surface area is 113 Å². The van der Waals surface area contributed by atoms with Crippen molar-refractivity contribution in [1.29, 1.82) is 0 Å². The van der Waals surface area contributed by atoms with E-state index in [0.717, 1.165) is 0 Å². The fourth-order valence-electron chi connectivity index (χ4n) is 1.68. The highest BCUT2D eigenvalue weighted by atomic mass is 16.6. The zero-order chi connectivity index (χ0) is 14.8. The summed E-state index contributed by atoms with van der Waals surface area (Å²) in [5, 5.41) is 2.52. The molecular weight excluding hydrogens is 250 g/mol. The van der Waals surface area contributed by atoms with E-state index in [-0.39, 0.29) is 11.7 Å². The molecule has 1 N–H and O–H groups in total. The van der Waals surface area contributed by atoms with Crippen LogP contribution in [0, 0.1) is 0 Å². The van der Waals surface area contributed by atoms with Gasteiger partial charge in [-0.05, 0) is 34.6 Å². The molecule has 0 radical (unpaired) electrons. The molecule has 19 heavy (non-hydrogen) atoms. The van der Waals surface area contributed by atoms with Gasteiger partial charge in [0.05, 0.1) is 18.8 Å². The molecule has 0 aromatic heterocycles. The summed E-state index contributed by atoms with van der Waals surface area (Å²) in [5.74, 6) is -0.503. The van der Waals surface area contributed by atoms with Gasteiger partial charge in [0.25, 0.3) is 0 Å². The van der Waals surface area contributed by atoms with Crippen molar-refractivity contribution in [1.82, 2.24) is 5.32 Å². The van der Waals surface area contributed by atoms with Crippen molar-refractivity contribution in [3.63, 3.8) is 0 Å². The number of esters is 1. The predicted molar refractivity (Wildman–Crippen MR) is 68.7 cm³/mol. The average molecular weight is 273 g/mol. The third-order valence-electron chi connectivity index (χ3n) is 2.79. The maximum Gasteiger partial charge on any atom is 0.408 e. The van der Waals surface area contributed by atoms with Gasteiger partial charge in [0, 0.05) is 6.42 Å². The topological polar surface area (TPSA) is 77.2 Å². The van der Waals surface area contributed by atoms with Gasteiger partial charge in [-0.1, -0.05) is 0 Å². The molecule has 110 valence electrons. The number of nitrogens with one attached hydrogen (secondary N) is 1. The molecule has 1 rings (SSSR count). The zero-order valence-electron chi connectivity index (χ0n) is 12.4. The Balaban J connectivity index is 2.55. The first kappa shape index (κ1) is 15.8. The fourth-order valence-corrected chi connectivity index (χ4v) is 1.68. The normalized spacial score (nSPS) is 22.3. The second-order valence-electron chi connectivity index (χ2n) is 6.17. The van der Waals surface area contributed by atoms with Gasteiger partial charge in [-0.3, -0.25) is 0 Å². The molecule has 1 aliphatic heterocycles. The van der Waals surface area contributed by atoms with Crippen LogP contribution < -0.4 is 5.32 Å². The number of methoxy groups -OCH3 is 1. The summed E-state index contributed by atoms with van der Waals surface area (Å²) in [5.41, 5.74) is -0.859. The smallest absolute Gasteiger partial charge is 0.408 e. The summed E-state index contributed by atoms with van der Waals surface area (Å²) in [6.45, 7) is 9.13. The SMILES string of the molecule is COC(=O)C(CC1OC1(C)C)NC(=O)OC(C)(C)C. The first-order valence-corrected chi connectivity index (χ1v) is 6.30. The molecular formula is C13H23NO5. The van der Waals surface area contributed by atoms with Crippen LogP contribution in [0.5, 0.6) is 0 Å². The molecule has 0 spiro atoms. The maximum absolute atomic E-state index is 11.7. The average Bonchev–Trinajstić information content (AvgIpc) is 2.81. The van der Waals surface area contributed by atoms with Gasteiger partial charge in [0.1, 0.15) is 11.6 Å². The molecule has 1 amide bonds. The fraction of sp³-hybridized carbons (Fsp3) is 0.846. The number of ether oxygens (including phenoxy) is 3. The van der Waals surface area contributed by atoms with E-state index in [1.807, 2.05) is 13.8 Å². The Morgan fingerprint density at radius 2 is 1.89 bits per heavy atom. The van der Waals surface area contributed by atoms with Crippen molar-refractivity contribution in [2.45, 2.75) is 64.4 Å². The highest BCUT2D eigenvalue weighted by molar-refractivity contribution is 5.81. The lowest BCUT2D eigenvalue weighted by Crippen LogP contribution is -2.45. The van der Waals surface area contributed by atoms with Crippen LogP contribution in [-0.4, -0.2) is 42.5 Å². The van der Waals surface area contributed by atoms with E-state index < -0.39 is 23.7 Å². The van der Waals surface area contributed by atoms with Crippen LogP contribution in [0.4, 0.5) is 4.79 Å². The molecule has 0 saturated carbocycles. The minimum Gasteiger partial charge on any atom is -0.467 e. The van der Waals surface area contributed by atoms with E-state index in [9.17, 15) is 9.59 Å². The highest BCUT2D eigenvalue weighted by Crippen LogP contribution is 2.38. The molecule has 0 aromatic rings. The minimum atomic E-state index is -0.758. The van der Waals surface area contributed by atoms with E-state index in [2.05, 4.69) is 10.1 Å². The Bertz CT molecular complexity index is 359. The van der Waals surface area contributed by atoms with E-state index in [0.29, 0.717) is 6.42 Å². The van der Waals surface area contributed by atoms with Gasteiger partial charge in [0.15, 0.2) is 0 Å². The summed E-state index contributed by atoms with van der Waals surface area (Å²) in [7, 11) is 1.28. The second kappa shape index (κ2) is 5.36. The second-order valence-corrected chi connectivity index (χ2v) is 6.17. The Morgan fingerprint density at radius 3 is 2.26 bits per heavy atom. The molecule has 0 bridgehead atoms. The van der Waals surface area contributed by atoms with E-state index >= 15 is 0 Å². The minimum absolute atomic E-state index is 0.0634. The Kier molecular flexibility index (Phi) is 4.45. The standard InChI is InChI=1S/C13H23NO5/c1-12(2,3)19-11(16)14-8(10(15)17-6)7-9-13(4,5)18-9/h8-9H,7H2,1-6H3,(H,14,16). The lowest BCUT2D eigenvalue weighted by Gasteiger charge is -2.22. The monoisotopic (exact) mass is 273 g/mol. The Morgan fingerprint density at radius 1 is 1.37 bits per heavy atom. The Hall–Kier alpha value is -1.30. The number of carbonyl (C=O) groups is 2. The summed E-state index contributed by atoms with van der Waals surface area (Å²) in [6.07, 6.45) is -0.327. The van der Waals surface area contributed by atoms with Crippen molar-refractivity contribution >= 4 is 12.1 Å². The number of amides is 1. The number of rotatable bonds is 4. The van der Waals surface area contributed by atoms with Crippen molar-refractivity contribution in [3.8, 4) is 0 Å². The van der Waals surface area contributed by atoms with Crippen molar-refractivity contribution in [2.24, 2.45) is 0 Å². The van der Waals surface area contributed by atoms with E-state index in [1.54, 1.807) is 20.8 Å². The van der Waals surface area contributed by atoms with Gasteiger partial charge < -0.3 is 19.5 Å². The van der Waals surface area contributed by atoms with Crippen LogP contribution in [0.25, 0.3) is 0 Å². The quantitative estimate of drug-likeness (QED) is 0.622. The number of hydrogen-bond acceptors (Lipinski definition) is 5. The molecule has 1 fully saturated rings. The van der Waals surface area contributed by atoms with Crippen LogP contribution in [0.2, 0.25) is 0 Å².